The molecular formula is C15H17FN2O. The van der Waals surface area contributed by atoms with Gasteiger partial charge in [0, 0.05) is 24.0 Å². The quantitative estimate of drug-likeness (QED) is 0.810. The number of halogens is 1. The number of rotatable bonds is 5. The highest BCUT2D eigenvalue weighted by atomic mass is 19.1. The number of ether oxygens (including phenoxy) is 1. The Labute approximate surface area is 112 Å². The molecule has 0 saturated carbocycles. The minimum Gasteiger partial charge on any atom is -0.491 e. The van der Waals surface area contributed by atoms with Crippen molar-refractivity contribution in [2.24, 2.45) is 0 Å². The first-order valence-corrected chi connectivity index (χ1v) is 6.19. The Morgan fingerprint density at radius 3 is 2.74 bits per heavy atom. The van der Waals surface area contributed by atoms with Crippen LogP contribution in [0.3, 0.4) is 0 Å². The van der Waals surface area contributed by atoms with E-state index in [0.29, 0.717) is 18.8 Å². The predicted octanol–water partition coefficient (Wildman–Crippen LogP) is 3.42. The minimum atomic E-state index is -0.362. The van der Waals surface area contributed by atoms with Gasteiger partial charge in [0.2, 0.25) is 0 Å². The maximum Gasteiger partial charge on any atom is 0.167 e. The molecule has 0 heterocycles. The summed E-state index contributed by atoms with van der Waals surface area (Å²) in [5.74, 6) is -0.0866. The highest BCUT2D eigenvalue weighted by Gasteiger charge is 2.04. The van der Waals surface area contributed by atoms with E-state index in [9.17, 15) is 4.39 Å². The summed E-state index contributed by atoms with van der Waals surface area (Å²) in [4.78, 5) is 0. The molecule has 3 N–H and O–H groups in total. The Kier molecular flexibility index (Phi) is 4.23. The van der Waals surface area contributed by atoms with Crippen LogP contribution in [-0.4, -0.2) is 6.61 Å². The normalized spacial score (nSPS) is 10.2. The molecule has 0 aliphatic carbocycles. The van der Waals surface area contributed by atoms with Crippen molar-refractivity contribution in [1.29, 1.82) is 0 Å². The van der Waals surface area contributed by atoms with Gasteiger partial charge in [-0.25, -0.2) is 4.39 Å². The number of nitrogens with two attached hydrogens (primary N) is 1. The molecule has 0 unspecified atom stereocenters. The first kappa shape index (κ1) is 13.2. The van der Waals surface area contributed by atoms with Crippen LogP contribution >= 0.6 is 0 Å². The molecule has 0 radical (unpaired) electrons. The number of benzene rings is 2. The van der Waals surface area contributed by atoms with Gasteiger partial charge in [0.15, 0.2) is 11.6 Å². The summed E-state index contributed by atoms with van der Waals surface area (Å²) in [5, 5.41) is 3.15. The molecule has 0 aromatic heterocycles. The van der Waals surface area contributed by atoms with Crippen LogP contribution in [0.2, 0.25) is 0 Å². The molecule has 2 aromatic rings. The Morgan fingerprint density at radius 2 is 2.05 bits per heavy atom. The number of hydrogen-bond acceptors (Lipinski definition) is 3. The van der Waals surface area contributed by atoms with Gasteiger partial charge in [-0.15, -0.1) is 0 Å². The standard InChI is InChI=1S/C15H17FN2O/c1-2-19-15-7-6-13(9-14(15)16)18-10-11-4-3-5-12(17)8-11/h3-9,18H,2,10,17H2,1H3. The van der Waals surface area contributed by atoms with E-state index in [1.54, 1.807) is 12.1 Å². The third kappa shape index (κ3) is 3.61. The first-order valence-electron chi connectivity index (χ1n) is 6.19. The molecule has 2 aromatic carbocycles. The zero-order valence-corrected chi connectivity index (χ0v) is 10.8. The number of hydrogen-bond donors (Lipinski definition) is 2. The second kappa shape index (κ2) is 6.09. The summed E-state index contributed by atoms with van der Waals surface area (Å²) >= 11 is 0. The van der Waals surface area contributed by atoms with E-state index in [1.807, 2.05) is 31.2 Å². The molecule has 100 valence electrons. The average Bonchev–Trinajstić information content (AvgIpc) is 2.39. The van der Waals surface area contributed by atoms with E-state index in [1.165, 1.54) is 6.07 Å². The lowest BCUT2D eigenvalue weighted by atomic mass is 10.2. The van der Waals surface area contributed by atoms with E-state index in [2.05, 4.69) is 5.32 Å². The van der Waals surface area contributed by atoms with Crippen LogP contribution in [-0.2, 0) is 6.54 Å². The molecule has 0 spiro atoms. The van der Waals surface area contributed by atoms with Crippen LogP contribution < -0.4 is 15.8 Å². The number of nitrogen functional groups attached to an aromatic ring is 1. The summed E-state index contributed by atoms with van der Waals surface area (Å²) in [6, 6.07) is 12.4. The molecule has 0 aliphatic heterocycles. The predicted molar refractivity (Wildman–Crippen MR) is 75.8 cm³/mol. The number of anilines is 2. The fourth-order valence-corrected chi connectivity index (χ4v) is 1.79. The van der Waals surface area contributed by atoms with Crippen LogP contribution in [0, 0.1) is 5.82 Å². The Morgan fingerprint density at radius 1 is 1.21 bits per heavy atom. The third-order valence-corrected chi connectivity index (χ3v) is 2.68. The van der Waals surface area contributed by atoms with Crippen molar-refractivity contribution in [2.75, 3.05) is 17.7 Å². The summed E-state index contributed by atoms with van der Waals surface area (Å²) in [6.07, 6.45) is 0. The van der Waals surface area contributed by atoms with Crippen molar-refractivity contribution in [3.63, 3.8) is 0 Å². The van der Waals surface area contributed by atoms with Crippen LogP contribution in [0.5, 0.6) is 5.75 Å². The molecule has 0 aliphatic rings. The summed E-state index contributed by atoms with van der Waals surface area (Å²) in [5.41, 5.74) is 8.18. The molecule has 4 heteroatoms. The van der Waals surface area contributed by atoms with E-state index < -0.39 is 0 Å². The van der Waals surface area contributed by atoms with Crippen molar-refractivity contribution < 1.29 is 9.13 Å². The summed E-state index contributed by atoms with van der Waals surface area (Å²) in [6.45, 7) is 2.87. The SMILES string of the molecule is CCOc1ccc(NCc2cccc(N)c2)cc1F. The van der Waals surface area contributed by atoms with Crippen molar-refractivity contribution in [3.05, 3.63) is 53.8 Å². The lowest BCUT2D eigenvalue weighted by Crippen LogP contribution is -2.01. The molecule has 19 heavy (non-hydrogen) atoms. The Balaban J connectivity index is 2.02. The molecule has 0 atom stereocenters. The smallest absolute Gasteiger partial charge is 0.167 e. The molecule has 0 bridgehead atoms. The lowest BCUT2D eigenvalue weighted by molar-refractivity contribution is 0.321. The van der Waals surface area contributed by atoms with Crippen LogP contribution in [0.4, 0.5) is 15.8 Å². The zero-order chi connectivity index (χ0) is 13.7. The van der Waals surface area contributed by atoms with E-state index in [-0.39, 0.29) is 11.6 Å². The summed E-state index contributed by atoms with van der Waals surface area (Å²) < 4.78 is 18.8. The van der Waals surface area contributed by atoms with Gasteiger partial charge in [-0.1, -0.05) is 12.1 Å². The van der Waals surface area contributed by atoms with Crippen molar-refractivity contribution in [1.82, 2.24) is 0 Å². The van der Waals surface area contributed by atoms with Gasteiger partial charge >= 0.3 is 0 Å². The minimum absolute atomic E-state index is 0.275. The monoisotopic (exact) mass is 260 g/mol. The van der Waals surface area contributed by atoms with Gasteiger partial charge in [0.25, 0.3) is 0 Å². The van der Waals surface area contributed by atoms with Gasteiger partial charge in [-0.3, -0.25) is 0 Å². The van der Waals surface area contributed by atoms with Crippen LogP contribution in [0.1, 0.15) is 12.5 Å². The highest BCUT2D eigenvalue weighted by Crippen LogP contribution is 2.21. The van der Waals surface area contributed by atoms with Gasteiger partial charge in [0.1, 0.15) is 0 Å². The molecule has 2 rings (SSSR count). The number of nitrogens with one attached hydrogen (secondary N) is 1. The van der Waals surface area contributed by atoms with Gasteiger partial charge in [-0.05, 0) is 36.8 Å². The second-order valence-corrected chi connectivity index (χ2v) is 4.18. The summed E-state index contributed by atoms with van der Waals surface area (Å²) in [7, 11) is 0. The second-order valence-electron chi connectivity index (χ2n) is 4.18. The van der Waals surface area contributed by atoms with E-state index >= 15 is 0 Å². The van der Waals surface area contributed by atoms with Gasteiger partial charge in [-0.2, -0.15) is 0 Å². The first-order chi connectivity index (χ1) is 9.19. The fourth-order valence-electron chi connectivity index (χ4n) is 1.79. The van der Waals surface area contributed by atoms with Crippen molar-refractivity contribution in [2.45, 2.75) is 13.5 Å². The Bertz CT molecular complexity index is 558. The van der Waals surface area contributed by atoms with Crippen LogP contribution in [0.15, 0.2) is 42.5 Å². The maximum absolute atomic E-state index is 13.6. The highest BCUT2D eigenvalue weighted by molar-refractivity contribution is 5.48. The van der Waals surface area contributed by atoms with E-state index in [0.717, 1.165) is 11.3 Å². The molecule has 3 nitrogen and oxygen atoms in total. The lowest BCUT2D eigenvalue weighted by Gasteiger charge is -2.09. The van der Waals surface area contributed by atoms with Crippen molar-refractivity contribution in [3.8, 4) is 5.75 Å². The van der Waals surface area contributed by atoms with Crippen LogP contribution in [0.25, 0.3) is 0 Å². The topological polar surface area (TPSA) is 47.3 Å². The Hall–Kier alpha value is -2.23. The average molecular weight is 260 g/mol. The molecule has 0 saturated heterocycles. The maximum atomic E-state index is 13.6. The molecular weight excluding hydrogens is 243 g/mol. The van der Waals surface area contributed by atoms with Crippen molar-refractivity contribution >= 4 is 11.4 Å². The van der Waals surface area contributed by atoms with Gasteiger partial charge in [0.05, 0.1) is 6.61 Å². The van der Waals surface area contributed by atoms with Gasteiger partial charge < -0.3 is 15.8 Å². The third-order valence-electron chi connectivity index (χ3n) is 2.68. The largest absolute Gasteiger partial charge is 0.491 e. The zero-order valence-electron chi connectivity index (χ0n) is 10.8. The fraction of sp³-hybridized carbons (Fsp3) is 0.200. The molecule has 0 fully saturated rings. The van der Waals surface area contributed by atoms with E-state index in [4.69, 9.17) is 10.5 Å². The molecule has 0 amide bonds.